The quantitative estimate of drug-likeness (QED) is 0.536. The van der Waals surface area contributed by atoms with Gasteiger partial charge in [-0.05, 0) is 25.1 Å². The Morgan fingerprint density at radius 2 is 1.85 bits per heavy atom. The molecule has 6 heteroatoms. The van der Waals surface area contributed by atoms with Gasteiger partial charge in [-0.15, -0.1) is 0 Å². The molecule has 3 N–H and O–H groups in total. The predicted octanol–water partition coefficient (Wildman–Crippen LogP) is 2.11. The van der Waals surface area contributed by atoms with E-state index < -0.39 is 0 Å². The van der Waals surface area contributed by atoms with Crippen LogP contribution in [0, 0.1) is 6.92 Å². The number of carbonyl (C=O) groups is 1. The van der Waals surface area contributed by atoms with E-state index in [1.54, 1.807) is 0 Å². The van der Waals surface area contributed by atoms with Crippen LogP contribution in [-0.4, -0.2) is 44.0 Å². The van der Waals surface area contributed by atoms with Gasteiger partial charge < -0.3 is 25.2 Å². The van der Waals surface area contributed by atoms with Gasteiger partial charge in [0, 0.05) is 24.3 Å². The van der Waals surface area contributed by atoms with Crippen LogP contribution in [0.3, 0.4) is 0 Å². The van der Waals surface area contributed by atoms with E-state index in [2.05, 4.69) is 10.6 Å². The molecular formula is C20H26N2O4. The molecule has 0 spiro atoms. The van der Waals surface area contributed by atoms with Crippen molar-refractivity contribution in [3.8, 4) is 5.75 Å². The van der Waals surface area contributed by atoms with Crippen molar-refractivity contribution >= 4 is 11.6 Å². The fraction of sp³-hybridized carbons (Fsp3) is 0.350. The lowest BCUT2D eigenvalue weighted by atomic mass is 10.2. The van der Waals surface area contributed by atoms with Crippen LogP contribution < -0.4 is 15.4 Å². The zero-order valence-corrected chi connectivity index (χ0v) is 15.0. The number of aliphatic hydroxyl groups is 1. The summed E-state index contributed by atoms with van der Waals surface area (Å²) >= 11 is 0. The van der Waals surface area contributed by atoms with Crippen LogP contribution in [0.25, 0.3) is 0 Å². The van der Waals surface area contributed by atoms with E-state index in [9.17, 15) is 4.79 Å². The number of amides is 1. The Balaban J connectivity index is 1.77. The maximum Gasteiger partial charge on any atom is 0.262 e. The second-order valence-corrected chi connectivity index (χ2v) is 5.82. The highest BCUT2D eigenvalue weighted by Crippen LogP contribution is 2.17. The molecule has 0 aliphatic rings. The lowest BCUT2D eigenvalue weighted by Gasteiger charge is -2.12. The van der Waals surface area contributed by atoms with Gasteiger partial charge in [0.05, 0.1) is 19.8 Å². The molecule has 26 heavy (non-hydrogen) atoms. The number of rotatable bonds is 11. The van der Waals surface area contributed by atoms with Crippen molar-refractivity contribution in [1.82, 2.24) is 5.32 Å². The average molecular weight is 358 g/mol. The molecule has 140 valence electrons. The molecular weight excluding hydrogens is 332 g/mol. The van der Waals surface area contributed by atoms with Gasteiger partial charge in [0.2, 0.25) is 0 Å². The highest BCUT2D eigenvalue weighted by atomic mass is 16.5. The van der Waals surface area contributed by atoms with Crippen LogP contribution in [0.5, 0.6) is 5.75 Å². The monoisotopic (exact) mass is 358 g/mol. The molecule has 0 aliphatic carbocycles. The fourth-order valence-electron chi connectivity index (χ4n) is 2.30. The molecule has 0 saturated carbocycles. The third-order valence-corrected chi connectivity index (χ3v) is 3.64. The number of aryl methyl sites for hydroxylation is 1. The van der Waals surface area contributed by atoms with Gasteiger partial charge in [0.25, 0.3) is 5.91 Å². The summed E-state index contributed by atoms with van der Waals surface area (Å²) in [5.74, 6) is 0.476. The highest BCUT2D eigenvalue weighted by molar-refractivity contribution is 5.91. The van der Waals surface area contributed by atoms with Gasteiger partial charge >= 0.3 is 0 Å². The second kappa shape index (κ2) is 11.3. The summed E-state index contributed by atoms with van der Waals surface area (Å²) < 4.78 is 10.9. The molecule has 0 fully saturated rings. The van der Waals surface area contributed by atoms with Crippen molar-refractivity contribution in [2.75, 3.05) is 38.3 Å². The number of anilines is 1. The third kappa shape index (κ3) is 7.23. The Kier molecular flexibility index (Phi) is 8.62. The smallest absolute Gasteiger partial charge is 0.262 e. The fourth-order valence-corrected chi connectivity index (χ4v) is 2.30. The van der Waals surface area contributed by atoms with Gasteiger partial charge in [-0.25, -0.2) is 0 Å². The number of aliphatic hydroxyl groups excluding tert-OH is 1. The lowest BCUT2D eigenvalue weighted by molar-refractivity contribution is -0.118. The van der Waals surface area contributed by atoms with Gasteiger partial charge in [0.15, 0.2) is 6.61 Å². The van der Waals surface area contributed by atoms with E-state index in [4.69, 9.17) is 14.6 Å². The number of hydrogen-bond donors (Lipinski definition) is 3. The van der Waals surface area contributed by atoms with Crippen LogP contribution in [-0.2, 0) is 16.1 Å². The molecule has 2 rings (SSSR count). The van der Waals surface area contributed by atoms with E-state index >= 15 is 0 Å². The molecule has 0 unspecified atom stereocenters. The van der Waals surface area contributed by atoms with E-state index in [0.717, 1.165) is 16.8 Å². The molecule has 0 heterocycles. The highest BCUT2D eigenvalue weighted by Gasteiger charge is 2.07. The van der Waals surface area contributed by atoms with Gasteiger partial charge in [-0.1, -0.05) is 35.9 Å². The SMILES string of the molecule is Cc1ccc(NC(=O)COc2ccccc2CNCCOCCO)cc1. The number of hydrogen-bond acceptors (Lipinski definition) is 5. The van der Waals surface area contributed by atoms with E-state index in [0.29, 0.717) is 32.1 Å². The molecule has 0 aromatic heterocycles. The van der Waals surface area contributed by atoms with Crippen molar-refractivity contribution < 1.29 is 19.4 Å². The van der Waals surface area contributed by atoms with Crippen LogP contribution in [0.1, 0.15) is 11.1 Å². The molecule has 0 radical (unpaired) electrons. The molecule has 0 bridgehead atoms. The van der Waals surface area contributed by atoms with E-state index in [1.807, 2.05) is 55.5 Å². The van der Waals surface area contributed by atoms with Crippen molar-refractivity contribution in [2.45, 2.75) is 13.5 Å². The molecule has 0 aliphatic heterocycles. The summed E-state index contributed by atoms with van der Waals surface area (Å²) in [6, 6.07) is 15.2. The first-order chi connectivity index (χ1) is 12.7. The zero-order chi connectivity index (χ0) is 18.6. The molecule has 2 aromatic rings. The average Bonchev–Trinajstić information content (AvgIpc) is 2.65. The first-order valence-corrected chi connectivity index (χ1v) is 8.65. The normalized spacial score (nSPS) is 10.5. The molecule has 0 saturated heterocycles. The Morgan fingerprint density at radius 3 is 2.62 bits per heavy atom. The third-order valence-electron chi connectivity index (χ3n) is 3.64. The van der Waals surface area contributed by atoms with E-state index in [1.165, 1.54) is 0 Å². The van der Waals surface area contributed by atoms with Gasteiger partial charge in [0.1, 0.15) is 5.75 Å². The minimum atomic E-state index is -0.200. The summed E-state index contributed by atoms with van der Waals surface area (Å²) in [5.41, 5.74) is 2.86. The van der Waals surface area contributed by atoms with Crippen molar-refractivity contribution in [3.05, 3.63) is 59.7 Å². The Morgan fingerprint density at radius 1 is 1.08 bits per heavy atom. The lowest BCUT2D eigenvalue weighted by Crippen LogP contribution is -2.22. The summed E-state index contributed by atoms with van der Waals surface area (Å²) in [7, 11) is 0. The molecule has 0 atom stereocenters. The van der Waals surface area contributed by atoms with Crippen LogP contribution in [0.4, 0.5) is 5.69 Å². The van der Waals surface area contributed by atoms with Gasteiger partial charge in [-0.2, -0.15) is 0 Å². The van der Waals surface area contributed by atoms with Crippen LogP contribution in [0.2, 0.25) is 0 Å². The summed E-state index contributed by atoms with van der Waals surface area (Å²) in [5, 5.41) is 14.7. The molecule has 2 aromatic carbocycles. The van der Waals surface area contributed by atoms with Gasteiger partial charge in [-0.3, -0.25) is 4.79 Å². The number of para-hydroxylation sites is 1. The second-order valence-electron chi connectivity index (χ2n) is 5.82. The first-order valence-electron chi connectivity index (χ1n) is 8.65. The van der Waals surface area contributed by atoms with Crippen molar-refractivity contribution in [1.29, 1.82) is 0 Å². The molecule has 6 nitrogen and oxygen atoms in total. The van der Waals surface area contributed by atoms with Crippen LogP contribution >= 0.6 is 0 Å². The summed E-state index contributed by atoms with van der Waals surface area (Å²) in [4.78, 5) is 12.1. The topological polar surface area (TPSA) is 79.8 Å². The number of carbonyl (C=O) groups excluding carboxylic acids is 1. The Labute approximate surface area is 154 Å². The van der Waals surface area contributed by atoms with Crippen molar-refractivity contribution in [3.63, 3.8) is 0 Å². The first kappa shape index (κ1) is 19.9. The molecule has 1 amide bonds. The Bertz CT molecular complexity index is 674. The minimum absolute atomic E-state index is 0.0291. The zero-order valence-electron chi connectivity index (χ0n) is 15.0. The van der Waals surface area contributed by atoms with Crippen molar-refractivity contribution in [2.24, 2.45) is 0 Å². The van der Waals surface area contributed by atoms with E-state index in [-0.39, 0.29) is 19.1 Å². The maximum absolute atomic E-state index is 12.1. The predicted molar refractivity (Wildman–Crippen MR) is 101 cm³/mol. The minimum Gasteiger partial charge on any atom is -0.483 e. The number of benzene rings is 2. The largest absolute Gasteiger partial charge is 0.483 e. The standard InChI is InChI=1S/C20H26N2O4/c1-16-6-8-18(9-7-16)22-20(24)15-26-19-5-3-2-4-17(19)14-21-10-12-25-13-11-23/h2-9,21,23H,10-15H2,1H3,(H,22,24). The number of ether oxygens (including phenoxy) is 2. The Hall–Kier alpha value is -2.41. The summed E-state index contributed by atoms with van der Waals surface area (Å²) in [6.45, 7) is 4.13. The summed E-state index contributed by atoms with van der Waals surface area (Å²) in [6.07, 6.45) is 0. The number of nitrogens with one attached hydrogen (secondary N) is 2. The maximum atomic E-state index is 12.1. The van der Waals surface area contributed by atoms with Crippen LogP contribution in [0.15, 0.2) is 48.5 Å².